The number of carbonyl (C=O) groups is 1. The number of alkyl halides is 1. The standard InChI is InChI=1S/C15H9Br2ClF2N2O7.C2H6/c16-7-4-9(21-15(26,27)14(20,24)25)12(22(28)29)11(17)10(7)13(23)6-3-5(19)1-2-8(6)18;1-2/h1-4,21,24-27H;1-2H3. The second-order valence-corrected chi connectivity index (χ2v) is 7.59. The fourth-order valence-corrected chi connectivity index (χ4v) is 3.99. The summed E-state index contributed by atoms with van der Waals surface area (Å²) in [5.74, 6) is -5.80. The van der Waals surface area contributed by atoms with E-state index in [0.717, 1.165) is 24.3 Å². The summed E-state index contributed by atoms with van der Waals surface area (Å²) in [6.07, 6.45) is 0. The number of nitro groups is 1. The maximum Gasteiger partial charge on any atom is 0.392 e. The van der Waals surface area contributed by atoms with E-state index in [2.05, 4.69) is 31.9 Å². The molecule has 0 fully saturated rings. The van der Waals surface area contributed by atoms with Gasteiger partial charge in [0.1, 0.15) is 16.0 Å². The van der Waals surface area contributed by atoms with Crippen LogP contribution in [-0.4, -0.2) is 43.1 Å². The predicted octanol–water partition coefficient (Wildman–Crippen LogP) is 3.83. The molecule has 0 heterocycles. The van der Waals surface area contributed by atoms with E-state index >= 15 is 0 Å². The van der Waals surface area contributed by atoms with Gasteiger partial charge in [-0.25, -0.2) is 4.39 Å². The van der Waals surface area contributed by atoms with Crippen LogP contribution in [-0.2, 0) is 0 Å². The number of rotatable bonds is 6. The van der Waals surface area contributed by atoms with E-state index in [4.69, 9.17) is 21.8 Å². The first kappa shape index (κ1) is 27.3. The van der Waals surface area contributed by atoms with Crippen molar-refractivity contribution in [1.82, 2.24) is 0 Å². The van der Waals surface area contributed by atoms with Crippen LogP contribution in [0.25, 0.3) is 0 Å². The largest absolute Gasteiger partial charge is 0.392 e. The Labute approximate surface area is 195 Å². The van der Waals surface area contributed by atoms with Gasteiger partial charge < -0.3 is 25.7 Å². The Kier molecular flexibility index (Phi) is 9.03. The second-order valence-electron chi connectivity index (χ2n) is 5.54. The maximum absolute atomic E-state index is 13.5. The van der Waals surface area contributed by atoms with Gasteiger partial charge >= 0.3 is 17.6 Å². The van der Waals surface area contributed by atoms with E-state index < -0.39 is 49.9 Å². The van der Waals surface area contributed by atoms with E-state index in [-0.39, 0.29) is 15.1 Å². The number of nitrogens with one attached hydrogen (secondary N) is 1. The van der Waals surface area contributed by atoms with Crippen molar-refractivity contribution in [3.05, 3.63) is 65.3 Å². The van der Waals surface area contributed by atoms with Crippen LogP contribution in [0, 0.1) is 15.9 Å². The van der Waals surface area contributed by atoms with Crippen molar-refractivity contribution < 1.29 is 38.9 Å². The van der Waals surface area contributed by atoms with Crippen LogP contribution in [0.2, 0.25) is 5.02 Å². The highest BCUT2D eigenvalue weighted by Gasteiger charge is 2.50. The average molecular weight is 593 g/mol. The molecule has 0 aliphatic heterocycles. The zero-order valence-electron chi connectivity index (χ0n) is 15.7. The van der Waals surface area contributed by atoms with Crippen LogP contribution in [0.1, 0.15) is 29.8 Å². The molecule has 0 radical (unpaired) electrons. The van der Waals surface area contributed by atoms with Gasteiger partial charge in [-0.15, -0.1) is 0 Å². The number of halogens is 5. The minimum Gasteiger partial charge on any atom is -0.342 e. The number of nitro benzene ring substituents is 1. The minimum atomic E-state index is -4.61. The number of hydrogen-bond acceptors (Lipinski definition) is 8. The van der Waals surface area contributed by atoms with Gasteiger partial charge in [0, 0.05) is 10.0 Å². The molecule has 14 heteroatoms. The third-order valence-corrected chi connectivity index (χ3v) is 5.25. The molecular weight excluding hydrogens is 577 g/mol. The lowest BCUT2D eigenvalue weighted by molar-refractivity contribution is -0.403. The SMILES string of the molecule is CC.O=C(c1cc(F)ccc1Cl)c1c(Br)cc(NC(O)(O)C(O)(O)F)c([N+](=O)[O-])c1Br. The molecule has 0 aromatic heterocycles. The number of anilines is 1. The zero-order chi connectivity index (χ0) is 24.3. The Morgan fingerprint density at radius 1 is 1.19 bits per heavy atom. The molecule has 170 valence electrons. The van der Waals surface area contributed by atoms with Gasteiger partial charge in [-0.05, 0) is 56.1 Å². The molecule has 2 rings (SSSR count). The third kappa shape index (κ3) is 5.94. The summed E-state index contributed by atoms with van der Waals surface area (Å²) in [6, 6.07) is -0.929. The number of ketones is 1. The molecule has 2 aromatic carbocycles. The summed E-state index contributed by atoms with van der Waals surface area (Å²) in [5, 5.41) is 49.1. The molecule has 0 bridgehead atoms. The number of aliphatic hydroxyl groups is 4. The lowest BCUT2D eigenvalue weighted by Gasteiger charge is -2.29. The Morgan fingerprint density at radius 3 is 2.23 bits per heavy atom. The molecule has 0 spiro atoms. The Hall–Kier alpha value is -1.74. The van der Waals surface area contributed by atoms with Gasteiger partial charge in [-0.1, -0.05) is 25.4 Å². The van der Waals surface area contributed by atoms with Crippen LogP contribution in [0.4, 0.5) is 20.2 Å². The van der Waals surface area contributed by atoms with Gasteiger partial charge in [0.2, 0.25) is 0 Å². The molecule has 0 amide bonds. The highest BCUT2D eigenvalue weighted by molar-refractivity contribution is 9.11. The quantitative estimate of drug-likeness (QED) is 0.147. The number of carbonyl (C=O) groups excluding carboxylic acids is 1. The van der Waals surface area contributed by atoms with Crippen molar-refractivity contribution in [1.29, 1.82) is 0 Å². The zero-order valence-corrected chi connectivity index (χ0v) is 19.6. The molecule has 0 aliphatic rings. The second kappa shape index (κ2) is 10.3. The van der Waals surface area contributed by atoms with E-state index in [9.17, 15) is 33.9 Å². The molecule has 0 unspecified atom stereocenters. The van der Waals surface area contributed by atoms with Crippen LogP contribution < -0.4 is 5.32 Å². The first-order valence-electron chi connectivity index (χ1n) is 8.20. The summed E-state index contributed by atoms with van der Waals surface area (Å²) in [6.45, 7) is 4.00. The summed E-state index contributed by atoms with van der Waals surface area (Å²) in [5.41, 5.74) is -2.53. The average Bonchev–Trinajstić information content (AvgIpc) is 2.63. The van der Waals surface area contributed by atoms with Gasteiger partial charge in [0.25, 0.3) is 0 Å². The fraction of sp³-hybridized carbons (Fsp3) is 0.235. The maximum atomic E-state index is 13.5. The summed E-state index contributed by atoms with van der Waals surface area (Å²) in [7, 11) is 0. The van der Waals surface area contributed by atoms with Crippen molar-refractivity contribution in [2.75, 3.05) is 5.32 Å². The lowest BCUT2D eigenvalue weighted by Crippen LogP contribution is -2.56. The van der Waals surface area contributed by atoms with Crippen LogP contribution in [0.15, 0.2) is 33.2 Å². The van der Waals surface area contributed by atoms with E-state index in [0.29, 0.717) is 0 Å². The molecule has 0 aliphatic carbocycles. The van der Waals surface area contributed by atoms with E-state index in [1.165, 1.54) is 5.32 Å². The van der Waals surface area contributed by atoms with Gasteiger partial charge in [0.15, 0.2) is 5.78 Å². The van der Waals surface area contributed by atoms with Gasteiger partial charge in [0.05, 0.1) is 15.5 Å². The summed E-state index contributed by atoms with van der Waals surface area (Å²) >= 11 is 11.7. The van der Waals surface area contributed by atoms with Crippen LogP contribution in [0.5, 0.6) is 0 Å². The van der Waals surface area contributed by atoms with E-state index in [1.807, 2.05) is 13.8 Å². The Morgan fingerprint density at radius 2 is 1.74 bits per heavy atom. The fourth-order valence-electron chi connectivity index (χ4n) is 2.16. The Balaban J connectivity index is 0.00000233. The molecule has 2 aromatic rings. The van der Waals surface area contributed by atoms with Gasteiger partial charge in [-0.2, -0.15) is 4.39 Å². The highest BCUT2D eigenvalue weighted by Crippen LogP contribution is 2.43. The first-order valence-corrected chi connectivity index (χ1v) is 10.2. The lowest BCUT2D eigenvalue weighted by atomic mass is 10.0. The van der Waals surface area contributed by atoms with Crippen LogP contribution >= 0.6 is 43.5 Å². The minimum absolute atomic E-state index is 0.146. The monoisotopic (exact) mass is 590 g/mol. The Bertz CT molecular complexity index is 1020. The molecular formula is C17H15Br2ClF2N2O7. The first-order chi connectivity index (χ1) is 14.2. The molecule has 31 heavy (non-hydrogen) atoms. The van der Waals surface area contributed by atoms with Gasteiger partial charge in [-0.3, -0.25) is 14.9 Å². The van der Waals surface area contributed by atoms with Crippen molar-refractivity contribution in [3.63, 3.8) is 0 Å². The normalized spacial score (nSPS) is 11.5. The van der Waals surface area contributed by atoms with E-state index in [1.54, 1.807) is 0 Å². The highest BCUT2D eigenvalue weighted by atomic mass is 79.9. The number of hydrogen-bond donors (Lipinski definition) is 5. The third-order valence-electron chi connectivity index (χ3n) is 3.53. The molecule has 9 nitrogen and oxygen atoms in total. The smallest absolute Gasteiger partial charge is 0.342 e. The number of benzene rings is 2. The van der Waals surface area contributed by atoms with Crippen molar-refractivity contribution in [3.8, 4) is 0 Å². The van der Waals surface area contributed by atoms with Crippen LogP contribution in [0.3, 0.4) is 0 Å². The molecule has 0 saturated carbocycles. The summed E-state index contributed by atoms with van der Waals surface area (Å²) < 4.78 is 25.9. The predicted molar refractivity (Wildman–Crippen MR) is 114 cm³/mol. The summed E-state index contributed by atoms with van der Waals surface area (Å²) in [4.78, 5) is 23.2. The van der Waals surface area contributed by atoms with Crippen molar-refractivity contribution in [2.45, 2.75) is 25.8 Å². The van der Waals surface area contributed by atoms with Crippen molar-refractivity contribution >= 4 is 60.6 Å². The number of nitrogens with zero attached hydrogens (tertiary/aromatic N) is 1. The van der Waals surface area contributed by atoms with Crippen molar-refractivity contribution in [2.24, 2.45) is 0 Å². The topological polar surface area (TPSA) is 153 Å². The molecule has 5 N–H and O–H groups in total. The molecule has 0 atom stereocenters. The molecule has 0 saturated heterocycles.